The van der Waals surface area contributed by atoms with Crippen LogP contribution in [-0.2, 0) is 14.3 Å². The molecule has 0 bridgehead atoms. The zero-order valence-electron chi connectivity index (χ0n) is 14.8. The number of rotatable bonds is 2. The number of halogens is 1. The maximum Gasteiger partial charge on any atom is 0.297 e. The average molecular weight is 416 g/mol. The van der Waals surface area contributed by atoms with Gasteiger partial charge < -0.3 is 0 Å². The molecule has 2 aromatic rings. The number of aromatic nitrogens is 1. The van der Waals surface area contributed by atoms with Crippen LogP contribution in [0.1, 0.15) is 27.9 Å². The topological polar surface area (TPSA) is 73.3 Å². The van der Waals surface area contributed by atoms with Crippen molar-refractivity contribution in [1.29, 1.82) is 0 Å². The SMILES string of the molecule is COS(=O)(=O)c1c(C)cc(C)cc1C.Cc1cc(Br)c[n+](N)c1C. The van der Waals surface area contributed by atoms with Crippen molar-refractivity contribution < 1.29 is 17.3 Å². The lowest BCUT2D eigenvalue weighted by Gasteiger charge is -2.09. The molecule has 0 atom stereocenters. The molecule has 1 heterocycles. The van der Waals surface area contributed by atoms with E-state index in [4.69, 9.17) is 5.84 Å². The Morgan fingerprint density at radius 3 is 1.92 bits per heavy atom. The quantitative estimate of drug-likeness (QED) is 0.464. The molecule has 2 rings (SSSR count). The van der Waals surface area contributed by atoms with Crippen LogP contribution in [0.4, 0.5) is 0 Å². The normalized spacial score (nSPS) is 11.0. The highest BCUT2D eigenvalue weighted by molar-refractivity contribution is 9.10. The summed E-state index contributed by atoms with van der Waals surface area (Å²) in [6.45, 7) is 9.49. The molecule has 0 aliphatic rings. The first kappa shape index (κ1) is 20.6. The van der Waals surface area contributed by atoms with Crippen molar-refractivity contribution in [2.24, 2.45) is 0 Å². The van der Waals surface area contributed by atoms with E-state index in [1.165, 1.54) is 12.7 Å². The number of nitrogens with two attached hydrogens (primary N) is 1. The van der Waals surface area contributed by atoms with Crippen molar-refractivity contribution in [3.8, 4) is 0 Å². The Hall–Kier alpha value is -1.44. The lowest BCUT2D eigenvalue weighted by molar-refractivity contribution is -0.646. The molecule has 2 N–H and O–H groups in total. The van der Waals surface area contributed by atoms with Gasteiger partial charge in [-0.1, -0.05) is 22.4 Å². The van der Waals surface area contributed by atoms with E-state index in [1.54, 1.807) is 18.5 Å². The highest BCUT2D eigenvalue weighted by atomic mass is 79.9. The third-order valence-electron chi connectivity index (χ3n) is 3.65. The molecule has 1 aromatic heterocycles. The molecule has 0 fully saturated rings. The summed E-state index contributed by atoms with van der Waals surface area (Å²) in [6.07, 6.45) is 1.84. The number of nitrogens with zero attached hydrogens (tertiary/aromatic N) is 1. The van der Waals surface area contributed by atoms with E-state index < -0.39 is 10.1 Å². The number of aryl methyl sites for hydroxylation is 4. The molecular formula is C17H24BrN2O3S+. The van der Waals surface area contributed by atoms with Crippen LogP contribution in [0.2, 0.25) is 0 Å². The van der Waals surface area contributed by atoms with E-state index >= 15 is 0 Å². The molecule has 7 heteroatoms. The summed E-state index contributed by atoms with van der Waals surface area (Å²) in [7, 11) is -2.40. The van der Waals surface area contributed by atoms with Crippen LogP contribution >= 0.6 is 15.9 Å². The molecule has 0 radical (unpaired) electrons. The molecule has 24 heavy (non-hydrogen) atoms. The summed E-state index contributed by atoms with van der Waals surface area (Å²) in [5, 5.41) is 0. The van der Waals surface area contributed by atoms with Gasteiger partial charge in [0.15, 0.2) is 0 Å². The van der Waals surface area contributed by atoms with Gasteiger partial charge in [0.25, 0.3) is 10.1 Å². The van der Waals surface area contributed by atoms with Crippen LogP contribution in [0.15, 0.2) is 33.8 Å². The molecule has 0 saturated carbocycles. The summed E-state index contributed by atoms with van der Waals surface area (Å²) in [4.78, 5) is 0.283. The van der Waals surface area contributed by atoms with Gasteiger partial charge in [0.1, 0.15) is 0 Å². The second kappa shape index (κ2) is 8.09. The van der Waals surface area contributed by atoms with E-state index in [0.717, 1.165) is 26.9 Å². The van der Waals surface area contributed by atoms with Gasteiger partial charge in [-0.3, -0.25) is 4.18 Å². The number of hydrogen-bond donors (Lipinski definition) is 1. The average Bonchev–Trinajstić information content (AvgIpc) is 2.44. The Balaban J connectivity index is 0.000000254. The number of hydrogen-bond acceptors (Lipinski definition) is 4. The van der Waals surface area contributed by atoms with Gasteiger partial charge in [-0.15, -0.1) is 0 Å². The fourth-order valence-corrected chi connectivity index (χ4v) is 4.06. The fraction of sp³-hybridized carbons (Fsp3) is 0.353. The van der Waals surface area contributed by atoms with Crippen LogP contribution in [0.5, 0.6) is 0 Å². The van der Waals surface area contributed by atoms with Gasteiger partial charge in [0.05, 0.1) is 16.5 Å². The molecule has 5 nitrogen and oxygen atoms in total. The largest absolute Gasteiger partial charge is 0.297 e. The minimum atomic E-state index is -3.58. The molecule has 0 unspecified atom stereocenters. The molecule has 0 aliphatic heterocycles. The molecule has 0 spiro atoms. The van der Waals surface area contributed by atoms with Crippen LogP contribution in [-0.4, -0.2) is 15.5 Å². The molecule has 0 aliphatic carbocycles. The Morgan fingerprint density at radius 1 is 1.00 bits per heavy atom. The highest BCUT2D eigenvalue weighted by Gasteiger charge is 2.18. The van der Waals surface area contributed by atoms with Crippen molar-refractivity contribution in [2.75, 3.05) is 13.0 Å². The zero-order valence-corrected chi connectivity index (χ0v) is 17.2. The van der Waals surface area contributed by atoms with Gasteiger partial charge in [-0.05, 0) is 60.8 Å². The lowest BCUT2D eigenvalue weighted by atomic mass is 10.1. The fourth-order valence-electron chi connectivity index (χ4n) is 2.43. The molecule has 0 amide bonds. The number of pyridine rings is 1. The number of benzene rings is 1. The molecule has 1 aromatic carbocycles. The summed E-state index contributed by atoms with van der Waals surface area (Å²) in [5.74, 6) is 5.61. The standard InChI is InChI=1S/C10H14O3S.C7H10BrN2/c1-7-5-8(2)10(9(3)6-7)14(11,12)13-4;1-5-3-7(8)4-10(9)6(5)2/h5-6H,1-4H3;3-4H,9H2,1-2H3/q;+1. The first-order valence-electron chi connectivity index (χ1n) is 7.31. The summed E-state index contributed by atoms with van der Waals surface area (Å²) >= 11 is 3.35. The van der Waals surface area contributed by atoms with Crippen molar-refractivity contribution in [3.05, 3.63) is 56.8 Å². The lowest BCUT2D eigenvalue weighted by Crippen LogP contribution is -2.47. The minimum Gasteiger partial charge on any atom is -0.270 e. The molecule has 132 valence electrons. The second-order valence-electron chi connectivity index (χ2n) is 5.68. The number of nitrogen functional groups attached to an aromatic ring is 1. The van der Waals surface area contributed by atoms with Crippen molar-refractivity contribution in [2.45, 2.75) is 39.5 Å². The van der Waals surface area contributed by atoms with E-state index in [2.05, 4.69) is 20.1 Å². The smallest absolute Gasteiger partial charge is 0.270 e. The first-order chi connectivity index (χ1) is 11.0. The van der Waals surface area contributed by atoms with Gasteiger partial charge in [-0.2, -0.15) is 8.42 Å². The second-order valence-corrected chi connectivity index (χ2v) is 8.25. The van der Waals surface area contributed by atoms with Crippen molar-refractivity contribution in [3.63, 3.8) is 0 Å². The maximum atomic E-state index is 11.5. The van der Waals surface area contributed by atoms with Crippen molar-refractivity contribution >= 4 is 26.0 Å². The predicted octanol–water partition coefficient (Wildman–Crippen LogP) is 3.01. The Kier molecular flexibility index (Phi) is 6.95. The van der Waals surface area contributed by atoms with E-state index in [0.29, 0.717) is 0 Å². The third kappa shape index (κ3) is 5.03. The van der Waals surface area contributed by atoms with Crippen LogP contribution in [0.3, 0.4) is 0 Å². The summed E-state index contributed by atoms with van der Waals surface area (Å²) in [5.41, 5.74) is 4.78. The minimum absolute atomic E-state index is 0.283. The van der Waals surface area contributed by atoms with E-state index in [-0.39, 0.29) is 4.90 Å². The Labute approximate surface area is 152 Å². The molecular weight excluding hydrogens is 392 g/mol. The van der Waals surface area contributed by atoms with Gasteiger partial charge in [0, 0.05) is 12.5 Å². The van der Waals surface area contributed by atoms with E-state index in [9.17, 15) is 8.42 Å². The predicted molar refractivity (Wildman–Crippen MR) is 98.8 cm³/mol. The van der Waals surface area contributed by atoms with Gasteiger partial charge in [-0.25, -0.2) is 5.84 Å². The third-order valence-corrected chi connectivity index (χ3v) is 5.67. The maximum absolute atomic E-state index is 11.5. The van der Waals surface area contributed by atoms with Crippen LogP contribution < -0.4 is 10.5 Å². The first-order valence-corrected chi connectivity index (χ1v) is 9.51. The van der Waals surface area contributed by atoms with Crippen LogP contribution in [0.25, 0.3) is 0 Å². The van der Waals surface area contributed by atoms with E-state index in [1.807, 2.05) is 45.2 Å². The zero-order chi connectivity index (χ0) is 18.7. The summed E-state index contributed by atoms with van der Waals surface area (Å²) in [6, 6.07) is 5.70. The Morgan fingerprint density at radius 2 is 1.50 bits per heavy atom. The summed E-state index contributed by atoms with van der Waals surface area (Å²) < 4.78 is 30.2. The van der Waals surface area contributed by atoms with Gasteiger partial charge in [0.2, 0.25) is 11.9 Å². The van der Waals surface area contributed by atoms with Crippen molar-refractivity contribution in [1.82, 2.24) is 0 Å². The highest BCUT2D eigenvalue weighted by Crippen LogP contribution is 2.22. The Bertz CT molecular complexity index is 803. The molecule has 0 saturated heterocycles. The van der Waals surface area contributed by atoms with Crippen LogP contribution in [0, 0.1) is 34.6 Å². The monoisotopic (exact) mass is 415 g/mol. The van der Waals surface area contributed by atoms with Gasteiger partial charge >= 0.3 is 0 Å².